The van der Waals surface area contributed by atoms with Crippen molar-refractivity contribution in [2.75, 3.05) is 26.2 Å². The number of halogens is 1. The van der Waals surface area contributed by atoms with E-state index in [2.05, 4.69) is 14.9 Å². The Kier molecular flexibility index (Phi) is 7.14. The molecule has 0 aliphatic rings. The zero-order valence-corrected chi connectivity index (χ0v) is 17.5. The summed E-state index contributed by atoms with van der Waals surface area (Å²) in [6, 6.07) is 17.6. The van der Waals surface area contributed by atoms with E-state index in [0.29, 0.717) is 30.6 Å². The molecule has 0 aliphatic heterocycles. The van der Waals surface area contributed by atoms with Crippen LogP contribution in [0.1, 0.15) is 16.8 Å². The SMILES string of the molecule is COc1ccc(CN(Cc2ccc(OC)cc2)c2nc(CCl)cc(OC)n2)cc1. The number of alkyl halides is 1. The number of anilines is 1. The number of rotatable bonds is 9. The van der Waals surface area contributed by atoms with Crippen molar-refractivity contribution in [3.63, 3.8) is 0 Å². The van der Waals surface area contributed by atoms with Crippen molar-refractivity contribution < 1.29 is 14.2 Å². The van der Waals surface area contributed by atoms with Crippen LogP contribution < -0.4 is 19.1 Å². The molecule has 3 aromatic rings. The predicted molar refractivity (Wildman–Crippen MR) is 114 cm³/mol. The van der Waals surface area contributed by atoms with Crippen LogP contribution in [0.3, 0.4) is 0 Å². The van der Waals surface area contributed by atoms with Gasteiger partial charge in [-0.05, 0) is 35.4 Å². The zero-order chi connectivity index (χ0) is 20.6. The molecule has 0 amide bonds. The molecule has 0 saturated carbocycles. The highest BCUT2D eigenvalue weighted by Gasteiger charge is 2.15. The van der Waals surface area contributed by atoms with Gasteiger partial charge in [-0.3, -0.25) is 0 Å². The van der Waals surface area contributed by atoms with Crippen LogP contribution in [0.4, 0.5) is 5.95 Å². The molecule has 2 aromatic carbocycles. The Balaban J connectivity index is 1.93. The van der Waals surface area contributed by atoms with Gasteiger partial charge in [0, 0.05) is 19.2 Å². The first-order valence-corrected chi connectivity index (χ1v) is 9.67. The monoisotopic (exact) mass is 413 g/mol. The van der Waals surface area contributed by atoms with Crippen LogP contribution in [-0.4, -0.2) is 31.3 Å². The fourth-order valence-corrected chi connectivity index (χ4v) is 3.01. The number of benzene rings is 2. The average Bonchev–Trinajstić information content (AvgIpc) is 2.79. The predicted octanol–water partition coefficient (Wildman–Crippen LogP) is 4.45. The Bertz CT molecular complexity index is 846. The van der Waals surface area contributed by atoms with Crippen molar-refractivity contribution in [1.82, 2.24) is 9.97 Å². The number of hydrogen-bond acceptors (Lipinski definition) is 6. The van der Waals surface area contributed by atoms with E-state index in [1.54, 1.807) is 27.4 Å². The van der Waals surface area contributed by atoms with E-state index in [9.17, 15) is 0 Å². The van der Waals surface area contributed by atoms with E-state index >= 15 is 0 Å². The van der Waals surface area contributed by atoms with Crippen LogP contribution >= 0.6 is 11.6 Å². The highest BCUT2D eigenvalue weighted by Crippen LogP contribution is 2.23. The fraction of sp³-hybridized carbons (Fsp3) is 0.273. The van der Waals surface area contributed by atoms with E-state index in [-0.39, 0.29) is 5.88 Å². The molecule has 152 valence electrons. The van der Waals surface area contributed by atoms with Gasteiger partial charge in [-0.1, -0.05) is 24.3 Å². The van der Waals surface area contributed by atoms with Gasteiger partial charge in [0.25, 0.3) is 0 Å². The minimum atomic E-state index is 0.283. The second kappa shape index (κ2) is 9.98. The molecule has 0 atom stereocenters. The van der Waals surface area contributed by atoms with Gasteiger partial charge in [0.05, 0.1) is 32.9 Å². The first-order chi connectivity index (χ1) is 14.1. The lowest BCUT2D eigenvalue weighted by atomic mass is 10.1. The molecule has 3 rings (SSSR count). The third-order valence-electron chi connectivity index (χ3n) is 4.44. The topological polar surface area (TPSA) is 56.7 Å². The minimum Gasteiger partial charge on any atom is -0.497 e. The molecule has 1 heterocycles. The summed E-state index contributed by atoms with van der Waals surface area (Å²) >= 11 is 6.03. The van der Waals surface area contributed by atoms with Crippen LogP contribution in [0.25, 0.3) is 0 Å². The maximum Gasteiger partial charge on any atom is 0.229 e. The van der Waals surface area contributed by atoms with Gasteiger partial charge < -0.3 is 19.1 Å². The molecule has 29 heavy (non-hydrogen) atoms. The first-order valence-electron chi connectivity index (χ1n) is 9.14. The average molecular weight is 414 g/mol. The summed E-state index contributed by atoms with van der Waals surface area (Å²) in [7, 11) is 4.90. The molecule has 7 heteroatoms. The summed E-state index contributed by atoms with van der Waals surface area (Å²) in [5.74, 6) is 2.96. The second-order valence-corrected chi connectivity index (χ2v) is 6.65. The molecular formula is C22H24ClN3O3. The van der Waals surface area contributed by atoms with Crippen molar-refractivity contribution in [2.45, 2.75) is 19.0 Å². The van der Waals surface area contributed by atoms with E-state index in [0.717, 1.165) is 22.6 Å². The standard InChI is InChI=1S/C22H24ClN3O3/c1-27-19-8-4-16(5-9-19)14-26(15-17-6-10-20(28-2)11-7-17)22-24-18(13-23)12-21(25-22)29-3/h4-12H,13-15H2,1-3H3. The number of nitrogens with zero attached hydrogens (tertiary/aromatic N) is 3. The fourth-order valence-electron chi connectivity index (χ4n) is 2.87. The third kappa shape index (κ3) is 5.51. The Morgan fingerprint density at radius 1 is 0.759 bits per heavy atom. The summed E-state index contributed by atoms with van der Waals surface area (Å²) in [5.41, 5.74) is 2.93. The molecule has 0 spiro atoms. The van der Waals surface area contributed by atoms with Crippen LogP contribution in [-0.2, 0) is 19.0 Å². The molecule has 0 N–H and O–H groups in total. The summed E-state index contributed by atoms with van der Waals surface area (Å²) in [6.45, 7) is 1.23. The largest absolute Gasteiger partial charge is 0.497 e. The smallest absolute Gasteiger partial charge is 0.229 e. The molecule has 1 aromatic heterocycles. The molecular weight excluding hydrogens is 390 g/mol. The Hall–Kier alpha value is -2.99. The molecule has 6 nitrogen and oxygen atoms in total. The maximum absolute atomic E-state index is 6.03. The van der Waals surface area contributed by atoms with Gasteiger partial charge in [0.1, 0.15) is 11.5 Å². The van der Waals surface area contributed by atoms with Gasteiger partial charge in [-0.2, -0.15) is 4.98 Å². The van der Waals surface area contributed by atoms with Crippen molar-refractivity contribution in [2.24, 2.45) is 0 Å². The minimum absolute atomic E-state index is 0.283. The molecule has 0 aliphatic carbocycles. The van der Waals surface area contributed by atoms with Gasteiger partial charge in [-0.25, -0.2) is 4.98 Å². The van der Waals surface area contributed by atoms with Crippen molar-refractivity contribution in [1.29, 1.82) is 0 Å². The first kappa shape index (κ1) is 20.7. The summed E-state index contributed by atoms with van der Waals surface area (Å²) in [5, 5.41) is 0. The van der Waals surface area contributed by atoms with Crippen LogP contribution in [0.15, 0.2) is 54.6 Å². The molecule has 0 radical (unpaired) electrons. The van der Waals surface area contributed by atoms with Crippen molar-refractivity contribution in [3.05, 3.63) is 71.4 Å². The number of ether oxygens (including phenoxy) is 3. The Morgan fingerprint density at radius 2 is 1.28 bits per heavy atom. The van der Waals surface area contributed by atoms with Crippen molar-refractivity contribution >= 4 is 17.5 Å². The van der Waals surface area contributed by atoms with Gasteiger partial charge in [0.2, 0.25) is 11.8 Å². The summed E-state index contributed by atoms with van der Waals surface area (Å²) < 4.78 is 15.8. The highest BCUT2D eigenvalue weighted by atomic mass is 35.5. The highest BCUT2D eigenvalue weighted by molar-refractivity contribution is 6.16. The van der Waals surface area contributed by atoms with Crippen LogP contribution in [0, 0.1) is 0 Å². The summed E-state index contributed by atoms with van der Waals surface area (Å²) in [4.78, 5) is 11.2. The number of methoxy groups -OCH3 is 3. The van der Waals surface area contributed by atoms with Gasteiger partial charge in [0.15, 0.2) is 0 Å². The van der Waals surface area contributed by atoms with E-state index in [1.807, 2.05) is 48.5 Å². The van der Waals surface area contributed by atoms with E-state index in [4.69, 9.17) is 25.8 Å². The number of aromatic nitrogens is 2. The second-order valence-electron chi connectivity index (χ2n) is 6.39. The lowest BCUT2D eigenvalue weighted by molar-refractivity contribution is 0.396. The van der Waals surface area contributed by atoms with Crippen molar-refractivity contribution in [3.8, 4) is 17.4 Å². The zero-order valence-electron chi connectivity index (χ0n) is 16.8. The Morgan fingerprint density at radius 3 is 1.69 bits per heavy atom. The van der Waals surface area contributed by atoms with Gasteiger partial charge >= 0.3 is 0 Å². The number of hydrogen-bond donors (Lipinski definition) is 0. The lowest BCUT2D eigenvalue weighted by Gasteiger charge is -2.24. The Labute approximate surface area is 176 Å². The van der Waals surface area contributed by atoms with Crippen LogP contribution in [0.5, 0.6) is 17.4 Å². The van der Waals surface area contributed by atoms with Crippen LogP contribution in [0.2, 0.25) is 0 Å². The quantitative estimate of drug-likeness (QED) is 0.483. The molecule has 0 fully saturated rings. The maximum atomic E-state index is 6.03. The lowest BCUT2D eigenvalue weighted by Crippen LogP contribution is -2.24. The van der Waals surface area contributed by atoms with E-state index < -0.39 is 0 Å². The molecule has 0 saturated heterocycles. The molecule has 0 bridgehead atoms. The van der Waals surface area contributed by atoms with Gasteiger partial charge in [-0.15, -0.1) is 11.6 Å². The normalized spacial score (nSPS) is 10.5. The van der Waals surface area contributed by atoms with E-state index in [1.165, 1.54) is 0 Å². The summed E-state index contributed by atoms with van der Waals surface area (Å²) in [6.07, 6.45) is 0. The third-order valence-corrected chi connectivity index (χ3v) is 4.71. The molecule has 0 unspecified atom stereocenters.